The third-order valence-electron chi connectivity index (χ3n) is 5.14. The molecule has 0 spiro atoms. The van der Waals surface area contributed by atoms with E-state index in [1.807, 2.05) is 42.5 Å². The average molecular weight is 448 g/mol. The van der Waals surface area contributed by atoms with Crippen molar-refractivity contribution >= 4 is 38.7 Å². The molecule has 1 saturated carbocycles. The van der Waals surface area contributed by atoms with Crippen molar-refractivity contribution < 1.29 is 18.3 Å². The number of aliphatic carboxylic acids is 1. The van der Waals surface area contributed by atoms with Crippen molar-refractivity contribution in [2.24, 2.45) is 0 Å². The molecule has 1 aliphatic carbocycles. The second-order valence-electron chi connectivity index (χ2n) is 7.01. The van der Waals surface area contributed by atoms with Gasteiger partial charge in [-0.3, -0.25) is 10.1 Å². The van der Waals surface area contributed by atoms with Crippen molar-refractivity contribution in [3.63, 3.8) is 0 Å². The van der Waals surface area contributed by atoms with Crippen LogP contribution >= 0.6 is 22.9 Å². The summed E-state index contributed by atoms with van der Waals surface area (Å²) in [5.74, 6) is -1.71. The highest BCUT2D eigenvalue weighted by molar-refractivity contribution is 7.93. The van der Waals surface area contributed by atoms with E-state index in [1.54, 1.807) is 24.3 Å². The van der Waals surface area contributed by atoms with Gasteiger partial charge in [-0.15, -0.1) is 11.3 Å². The highest BCUT2D eigenvalue weighted by Gasteiger charge is 2.61. The van der Waals surface area contributed by atoms with Gasteiger partial charge in [0.05, 0.1) is 0 Å². The Bertz CT molecular complexity index is 1140. The van der Waals surface area contributed by atoms with Crippen LogP contribution in [-0.2, 0) is 14.6 Å². The van der Waals surface area contributed by atoms with Gasteiger partial charge in [-0.05, 0) is 41.8 Å². The summed E-state index contributed by atoms with van der Waals surface area (Å²) in [6, 6.07) is 19.8. The first-order chi connectivity index (χ1) is 13.8. The lowest BCUT2D eigenvalue weighted by molar-refractivity contribution is -0.140. The molecule has 0 unspecified atom stereocenters. The van der Waals surface area contributed by atoms with Gasteiger partial charge in [0, 0.05) is 15.8 Å². The van der Waals surface area contributed by atoms with Gasteiger partial charge >= 0.3 is 5.97 Å². The molecule has 0 amide bonds. The summed E-state index contributed by atoms with van der Waals surface area (Å²) in [7, 11) is -3.67. The number of thiophene rings is 1. The Morgan fingerprint density at radius 3 is 2.45 bits per heavy atom. The molecule has 1 aromatic heterocycles. The molecule has 0 saturated heterocycles. The van der Waals surface area contributed by atoms with Gasteiger partial charge in [-0.2, -0.15) is 0 Å². The van der Waals surface area contributed by atoms with Gasteiger partial charge < -0.3 is 5.11 Å². The van der Waals surface area contributed by atoms with Crippen molar-refractivity contribution in [1.29, 1.82) is 0 Å². The van der Waals surface area contributed by atoms with Gasteiger partial charge in [-0.25, -0.2) is 8.42 Å². The number of hydrogen-bond acceptors (Lipinski definition) is 5. The lowest BCUT2D eigenvalue weighted by Gasteiger charge is -2.15. The lowest BCUT2D eigenvalue weighted by atomic mass is 10.1. The highest BCUT2D eigenvalue weighted by Crippen LogP contribution is 2.51. The number of nitrogens with one attached hydrogen (secondary N) is 1. The topological polar surface area (TPSA) is 83.5 Å². The molecule has 1 heterocycles. The minimum Gasteiger partial charge on any atom is -0.480 e. The number of benzene rings is 2. The molecule has 4 rings (SSSR count). The molecule has 1 aliphatic rings. The summed E-state index contributed by atoms with van der Waals surface area (Å²) in [5.41, 5.74) is 0.521. The first-order valence-electron chi connectivity index (χ1n) is 8.94. The Balaban J connectivity index is 1.50. The minimum absolute atomic E-state index is 0.201. The molecule has 8 heteroatoms. The fourth-order valence-electron chi connectivity index (χ4n) is 3.41. The maximum atomic E-state index is 12.8. The van der Waals surface area contributed by atoms with Crippen LogP contribution in [0.4, 0.5) is 0 Å². The van der Waals surface area contributed by atoms with Gasteiger partial charge in [0.1, 0.15) is 15.6 Å². The predicted octanol–water partition coefficient (Wildman–Crippen LogP) is 4.40. The van der Waals surface area contributed by atoms with E-state index in [0.717, 1.165) is 27.3 Å². The van der Waals surface area contributed by atoms with Gasteiger partial charge in [0.2, 0.25) is 9.84 Å². The van der Waals surface area contributed by atoms with Crippen LogP contribution in [-0.4, -0.2) is 30.9 Å². The first-order valence-corrected chi connectivity index (χ1v) is 11.8. The Morgan fingerprint density at radius 2 is 1.79 bits per heavy atom. The van der Waals surface area contributed by atoms with Crippen LogP contribution in [0, 0.1) is 0 Å². The minimum atomic E-state index is -3.67. The molecule has 29 heavy (non-hydrogen) atoms. The van der Waals surface area contributed by atoms with Crippen molar-refractivity contribution in [2.45, 2.75) is 22.1 Å². The molecule has 0 bridgehead atoms. The molecule has 3 aromatic rings. The molecule has 2 aromatic carbocycles. The fraction of sp³-hybridized carbons (Fsp3) is 0.190. The van der Waals surface area contributed by atoms with E-state index in [2.05, 4.69) is 5.32 Å². The van der Waals surface area contributed by atoms with Crippen LogP contribution in [0.5, 0.6) is 0 Å². The van der Waals surface area contributed by atoms with Crippen LogP contribution in [0.25, 0.3) is 10.4 Å². The van der Waals surface area contributed by atoms with E-state index in [4.69, 9.17) is 11.6 Å². The number of halogens is 1. The zero-order valence-electron chi connectivity index (χ0n) is 15.2. The van der Waals surface area contributed by atoms with E-state index >= 15 is 0 Å². The van der Waals surface area contributed by atoms with Crippen LogP contribution in [0.15, 0.2) is 70.9 Å². The number of carbonyl (C=O) groups is 1. The lowest BCUT2D eigenvalue weighted by Crippen LogP contribution is -2.43. The maximum Gasteiger partial charge on any atom is 0.324 e. The summed E-state index contributed by atoms with van der Waals surface area (Å²) >= 11 is 7.06. The normalized spacial score (nSPS) is 21.1. The first kappa shape index (κ1) is 20.1. The van der Waals surface area contributed by atoms with E-state index in [9.17, 15) is 18.3 Å². The predicted molar refractivity (Wildman–Crippen MR) is 114 cm³/mol. The Hall–Kier alpha value is -2.19. The maximum absolute atomic E-state index is 12.8. The zero-order valence-corrected chi connectivity index (χ0v) is 17.6. The van der Waals surface area contributed by atoms with Crippen molar-refractivity contribution in [3.8, 4) is 10.4 Å². The largest absolute Gasteiger partial charge is 0.480 e. The van der Waals surface area contributed by atoms with E-state index in [0.29, 0.717) is 11.4 Å². The van der Waals surface area contributed by atoms with Crippen LogP contribution in [0.2, 0.25) is 5.02 Å². The molecular formula is C21H18ClNO4S2. The Morgan fingerprint density at radius 1 is 1.10 bits per heavy atom. The molecule has 0 radical (unpaired) electrons. The van der Waals surface area contributed by atoms with Gasteiger partial charge in [0.25, 0.3) is 0 Å². The van der Waals surface area contributed by atoms with Crippen LogP contribution in [0.1, 0.15) is 17.9 Å². The quantitative estimate of drug-likeness (QED) is 0.560. The fourth-order valence-corrected chi connectivity index (χ4v) is 6.10. The summed E-state index contributed by atoms with van der Waals surface area (Å²) < 4.78 is 25.8. The highest BCUT2D eigenvalue weighted by atomic mass is 35.5. The third kappa shape index (κ3) is 3.96. The third-order valence-corrected chi connectivity index (χ3v) is 8.60. The molecule has 1 fully saturated rings. The van der Waals surface area contributed by atoms with Crippen molar-refractivity contribution in [1.82, 2.24) is 5.32 Å². The summed E-state index contributed by atoms with van der Waals surface area (Å²) in [5, 5.41) is 13.1. The second kappa shape index (κ2) is 7.57. The summed E-state index contributed by atoms with van der Waals surface area (Å²) in [6.45, 7) is 0. The Labute approximate surface area is 177 Å². The molecular weight excluding hydrogens is 430 g/mol. The van der Waals surface area contributed by atoms with Crippen LogP contribution < -0.4 is 5.32 Å². The average Bonchev–Trinajstić information content (AvgIpc) is 3.25. The zero-order chi connectivity index (χ0) is 20.6. The van der Waals surface area contributed by atoms with Crippen LogP contribution in [0.3, 0.4) is 0 Å². The molecule has 150 valence electrons. The second-order valence-corrected chi connectivity index (χ2v) is 10.7. The van der Waals surface area contributed by atoms with Crippen molar-refractivity contribution in [2.75, 3.05) is 5.88 Å². The molecule has 5 nitrogen and oxygen atoms in total. The number of carboxylic acids is 1. The number of sulfone groups is 1. The standard InChI is InChI=1S/C21H18ClNO4S2/c22-16-8-6-15(7-9-16)18-10-11-19(28-18)29(26,27)13-23-21(20(24)25)12-17(21)14-4-2-1-3-5-14/h1-11,17,23H,12-13H2,(H,24,25)/t17-,21+/m1/s1. The molecule has 0 aliphatic heterocycles. The smallest absolute Gasteiger partial charge is 0.324 e. The SMILES string of the molecule is O=C(O)[C@]1(NCS(=O)(=O)c2ccc(-c3ccc(Cl)cc3)s2)C[C@@H]1c1ccccc1. The summed E-state index contributed by atoms with van der Waals surface area (Å²) in [6.07, 6.45) is 0.363. The Kier molecular flexibility index (Phi) is 5.25. The van der Waals surface area contributed by atoms with Crippen molar-refractivity contribution in [3.05, 3.63) is 77.3 Å². The summed E-state index contributed by atoms with van der Waals surface area (Å²) in [4.78, 5) is 12.7. The van der Waals surface area contributed by atoms with E-state index in [1.165, 1.54) is 0 Å². The molecule has 2 N–H and O–H groups in total. The number of hydrogen-bond donors (Lipinski definition) is 2. The number of carboxylic acid groups (broad SMARTS) is 1. The van der Waals surface area contributed by atoms with Gasteiger partial charge in [0.15, 0.2) is 0 Å². The van der Waals surface area contributed by atoms with E-state index in [-0.39, 0.29) is 10.1 Å². The number of rotatable bonds is 7. The van der Waals surface area contributed by atoms with E-state index < -0.39 is 27.2 Å². The monoisotopic (exact) mass is 447 g/mol. The van der Waals surface area contributed by atoms with Gasteiger partial charge in [-0.1, -0.05) is 54.1 Å². The molecule has 2 atom stereocenters.